The van der Waals surface area contributed by atoms with E-state index < -0.39 is 0 Å². The highest BCUT2D eigenvalue weighted by Crippen LogP contribution is 2.47. The first-order valence-corrected chi connectivity index (χ1v) is 28.5. The SMILES string of the molecule is Cc1ccc2cc(-c3c4ccccc4c(-c4ccc(-c5ccc6ccccc6c5)cc4)c4ccccc34)ccc2c1.Cc1ccc2cc(-c3ccc(-c4c5ccccc5c(-c5ccc6ccccc6c5)c5ccccc45)cc3)ccc2c1. The van der Waals surface area contributed by atoms with Crippen LogP contribution in [0.4, 0.5) is 0 Å². The maximum Gasteiger partial charge on any atom is -0.00262 e. The molecule has 0 amide bonds. The van der Waals surface area contributed by atoms with Crippen molar-refractivity contribution < 1.29 is 0 Å². The van der Waals surface area contributed by atoms with Crippen molar-refractivity contribution in [3.8, 4) is 66.8 Å². The van der Waals surface area contributed by atoms with Gasteiger partial charge in [-0.2, -0.15) is 0 Å². The van der Waals surface area contributed by atoms with E-state index in [-0.39, 0.29) is 0 Å². The molecule has 384 valence electrons. The number of hydrogen-bond donors (Lipinski definition) is 0. The summed E-state index contributed by atoms with van der Waals surface area (Å²) in [6, 6.07) is 112. The molecule has 0 fully saturated rings. The van der Waals surface area contributed by atoms with E-state index in [1.54, 1.807) is 0 Å². The molecule has 0 spiro atoms. The van der Waals surface area contributed by atoms with Gasteiger partial charge in [0.2, 0.25) is 0 Å². The molecule has 0 N–H and O–H groups in total. The third-order valence-corrected chi connectivity index (χ3v) is 16.9. The number of aryl methyl sites for hydroxylation is 2. The summed E-state index contributed by atoms with van der Waals surface area (Å²) < 4.78 is 0. The van der Waals surface area contributed by atoms with Gasteiger partial charge < -0.3 is 0 Å². The highest BCUT2D eigenvalue weighted by atomic mass is 14.2. The summed E-state index contributed by atoms with van der Waals surface area (Å²) in [5.41, 5.74) is 17.7. The molecule has 0 heterocycles. The molecule has 0 radical (unpaired) electrons. The third-order valence-electron chi connectivity index (χ3n) is 16.9. The van der Waals surface area contributed by atoms with Crippen LogP contribution in [-0.4, -0.2) is 0 Å². The van der Waals surface area contributed by atoms with Crippen molar-refractivity contribution in [3.63, 3.8) is 0 Å². The number of benzene rings is 16. The predicted molar refractivity (Wildman–Crippen MR) is 355 cm³/mol. The molecule has 0 aliphatic rings. The number of hydrogen-bond acceptors (Lipinski definition) is 0. The molecule has 0 nitrogen and oxygen atoms in total. The lowest BCUT2D eigenvalue weighted by molar-refractivity contribution is 1.50. The van der Waals surface area contributed by atoms with Gasteiger partial charge in [0.1, 0.15) is 0 Å². The Morgan fingerprint density at radius 1 is 0.146 bits per heavy atom. The highest BCUT2D eigenvalue weighted by molar-refractivity contribution is 6.23. The van der Waals surface area contributed by atoms with Crippen LogP contribution < -0.4 is 0 Å². The summed E-state index contributed by atoms with van der Waals surface area (Å²) in [5, 5.41) is 20.4. The summed E-state index contributed by atoms with van der Waals surface area (Å²) in [6.07, 6.45) is 0. The molecule has 0 saturated heterocycles. The molecular formula is C82H56. The Kier molecular flexibility index (Phi) is 12.1. The van der Waals surface area contributed by atoms with Gasteiger partial charge in [0.15, 0.2) is 0 Å². The van der Waals surface area contributed by atoms with Crippen molar-refractivity contribution in [2.24, 2.45) is 0 Å². The second-order valence-corrected chi connectivity index (χ2v) is 22.1. The molecule has 0 saturated carbocycles. The van der Waals surface area contributed by atoms with Gasteiger partial charge in [-0.15, -0.1) is 0 Å². The standard InChI is InChI=1S/2C41H28/c1-27-14-15-34-25-33(22-21-32(34)24-27)29-16-19-30(20-17-29)40-36-10-4-6-12-38(36)41(39-13-7-5-11-37(39)40)35-23-18-28-8-2-3-9-31(28)26-35;1-27-14-15-34-26-35(23-22-32(34)24-27)41-38-12-6-4-10-36(38)40(37-11-5-7-13-39(37)41)30-19-16-29(17-20-30)33-21-18-28-8-2-3-9-31(28)25-33/h2*2-26H,1H3. The third kappa shape index (κ3) is 8.74. The van der Waals surface area contributed by atoms with Crippen LogP contribution in [-0.2, 0) is 0 Å². The normalized spacial score (nSPS) is 11.5. The van der Waals surface area contributed by atoms with Crippen LogP contribution in [0.5, 0.6) is 0 Å². The maximum absolute atomic E-state index is 2.35. The monoisotopic (exact) mass is 1040 g/mol. The average Bonchev–Trinajstić information content (AvgIpc) is 3.47. The van der Waals surface area contributed by atoms with Crippen molar-refractivity contribution >= 4 is 86.2 Å². The van der Waals surface area contributed by atoms with E-state index in [4.69, 9.17) is 0 Å². The van der Waals surface area contributed by atoms with E-state index in [2.05, 4.69) is 317 Å². The van der Waals surface area contributed by atoms with Crippen LogP contribution in [0.15, 0.2) is 303 Å². The summed E-state index contributed by atoms with van der Waals surface area (Å²) >= 11 is 0. The fourth-order valence-corrected chi connectivity index (χ4v) is 12.9. The molecule has 0 unspecified atom stereocenters. The van der Waals surface area contributed by atoms with Crippen LogP contribution in [0.25, 0.3) is 153 Å². The molecule has 82 heavy (non-hydrogen) atoms. The quantitative estimate of drug-likeness (QED) is 0.146. The Labute approximate surface area is 478 Å². The van der Waals surface area contributed by atoms with Crippen molar-refractivity contribution in [1.29, 1.82) is 0 Å². The Balaban J connectivity index is 0.000000140. The zero-order valence-corrected chi connectivity index (χ0v) is 45.9. The van der Waals surface area contributed by atoms with Crippen molar-refractivity contribution in [2.75, 3.05) is 0 Å². The molecule has 0 aliphatic carbocycles. The molecule has 0 heteroatoms. The lowest BCUT2D eigenvalue weighted by atomic mass is 9.85. The Hall–Kier alpha value is -10.4. The first-order chi connectivity index (χ1) is 40.5. The second-order valence-electron chi connectivity index (χ2n) is 22.1. The van der Waals surface area contributed by atoms with Gasteiger partial charge in [-0.25, -0.2) is 0 Å². The fourth-order valence-electron chi connectivity index (χ4n) is 12.9. The van der Waals surface area contributed by atoms with E-state index in [1.165, 1.54) is 164 Å². The lowest BCUT2D eigenvalue weighted by Gasteiger charge is -2.18. The van der Waals surface area contributed by atoms with Gasteiger partial charge in [0, 0.05) is 0 Å². The summed E-state index contributed by atoms with van der Waals surface area (Å²) in [5.74, 6) is 0. The maximum atomic E-state index is 2.35. The molecule has 16 aromatic rings. The molecule has 16 rings (SSSR count). The van der Waals surface area contributed by atoms with E-state index in [0.29, 0.717) is 0 Å². The van der Waals surface area contributed by atoms with Crippen LogP contribution >= 0.6 is 0 Å². The molecule has 0 aliphatic heterocycles. The summed E-state index contributed by atoms with van der Waals surface area (Å²) in [7, 11) is 0. The van der Waals surface area contributed by atoms with Crippen LogP contribution in [0.3, 0.4) is 0 Å². The van der Waals surface area contributed by atoms with Gasteiger partial charge in [-0.1, -0.05) is 290 Å². The molecule has 0 aromatic heterocycles. The number of fused-ring (bicyclic) bond motifs is 8. The molecule has 0 bridgehead atoms. The van der Waals surface area contributed by atoms with E-state index in [0.717, 1.165) is 0 Å². The van der Waals surface area contributed by atoms with Gasteiger partial charge in [-0.05, 0) is 191 Å². The van der Waals surface area contributed by atoms with Crippen LogP contribution in [0.2, 0.25) is 0 Å². The predicted octanol–water partition coefficient (Wildman–Crippen LogP) is 23.2. The Morgan fingerprint density at radius 3 is 0.695 bits per heavy atom. The van der Waals surface area contributed by atoms with Crippen LogP contribution in [0, 0.1) is 13.8 Å². The minimum Gasteiger partial charge on any atom is -0.0616 e. The van der Waals surface area contributed by atoms with Crippen molar-refractivity contribution in [2.45, 2.75) is 13.8 Å². The lowest BCUT2D eigenvalue weighted by Crippen LogP contribution is -1.91. The molecule has 0 atom stereocenters. The molecular weight excluding hydrogens is 985 g/mol. The molecule has 16 aromatic carbocycles. The number of rotatable bonds is 6. The minimum atomic E-state index is 1.23. The van der Waals surface area contributed by atoms with Gasteiger partial charge in [0.05, 0.1) is 0 Å². The average molecular weight is 1040 g/mol. The van der Waals surface area contributed by atoms with E-state index in [1.807, 2.05) is 0 Å². The van der Waals surface area contributed by atoms with Gasteiger partial charge >= 0.3 is 0 Å². The van der Waals surface area contributed by atoms with E-state index in [9.17, 15) is 0 Å². The van der Waals surface area contributed by atoms with Crippen molar-refractivity contribution in [3.05, 3.63) is 314 Å². The highest BCUT2D eigenvalue weighted by Gasteiger charge is 2.19. The second kappa shape index (κ2) is 20.4. The Morgan fingerprint density at radius 2 is 0.354 bits per heavy atom. The van der Waals surface area contributed by atoms with Crippen molar-refractivity contribution in [1.82, 2.24) is 0 Å². The first kappa shape index (κ1) is 48.7. The smallest absolute Gasteiger partial charge is 0.00262 e. The zero-order valence-electron chi connectivity index (χ0n) is 45.9. The largest absolute Gasteiger partial charge is 0.0616 e. The zero-order chi connectivity index (χ0) is 54.7. The minimum absolute atomic E-state index is 1.23. The summed E-state index contributed by atoms with van der Waals surface area (Å²) in [4.78, 5) is 0. The summed E-state index contributed by atoms with van der Waals surface area (Å²) in [6.45, 7) is 4.30. The van der Waals surface area contributed by atoms with Crippen LogP contribution in [0.1, 0.15) is 11.1 Å². The topological polar surface area (TPSA) is 0 Å². The Bertz CT molecular complexity index is 5040. The van der Waals surface area contributed by atoms with E-state index >= 15 is 0 Å². The fraction of sp³-hybridized carbons (Fsp3) is 0.0244. The first-order valence-electron chi connectivity index (χ1n) is 28.5. The van der Waals surface area contributed by atoms with Gasteiger partial charge in [0.25, 0.3) is 0 Å². The van der Waals surface area contributed by atoms with Gasteiger partial charge in [-0.3, -0.25) is 0 Å².